The predicted octanol–water partition coefficient (Wildman–Crippen LogP) is 5.41. The smallest absolute Gasteiger partial charge is 0.289 e. The highest BCUT2D eigenvalue weighted by Crippen LogP contribution is 2.53. The van der Waals surface area contributed by atoms with E-state index in [1.807, 2.05) is 54.6 Å². The molecule has 168 valence electrons. The van der Waals surface area contributed by atoms with E-state index in [0.29, 0.717) is 29.9 Å². The Kier molecular flexibility index (Phi) is 5.33. The molecule has 0 unspecified atom stereocenters. The number of rotatable bonds is 6. The van der Waals surface area contributed by atoms with Crippen LogP contribution in [0.25, 0.3) is 0 Å². The Hall–Kier alpha value is -3.21. The Morgan fingerprint density at radius 2 is 1.48 bits per heavy atom. The van der Waals surface area contributed by atoms with Crippen LogP contribution in [-0.2, 0) is 6.42 Å². The largest absolute Gasteiger partial charge is 0.439 e. The maximum Gasteiger partial charge on any atom is 0.289 e. The highest BCUT2D eigenvalue weighted by molar-refractivity contribution is 5.90. The van der Waals surface area contributed by atoms with Gasteiger partial charge in [-0.05, 0) is 73.5 Å². The van der Waals surface area contributed by atoms with Gasteiger partial charge in [0, 0.05) is 18.5 Å². The summed E-state index contributed by atoms with van der Waals surface area (Å²) < 4.78 is 6.00. The molecule has 1 heterocycles. The molecule has 7 rings (SSSR count). The van der Waals surface area contributed by atoms with E-state index in [-0.39, 0.29) is 17.8 Å². The summed E-state index contributed by atoms with van der Waals surface area (Å²) in [6, 6.07) is 21.8. The van der Waals surface area contributed by atoms with E-state index in [4.69, 9.17) is 4.74 Å². The molecule has 1 amide bonds. The number of para-hydroxylation sites is 1. The Morgan fingerprint density at radius 1 is 0.848 bits per heavy atom. The number of nitrogens with one attached hydrogen (secondary N) is 1. The normalized spacial score (nSPS) is 27.3. The van der Waals surface area contributed by atoms with Gasteiger partial charge in [0.1, 0.15) is 5.75 Å². The summed E-state index contributed by atoms with van der Waals surface area (Å²) in [5.41, 5.74) is 1.91. The lowest BCUT2D eigenvalue weighted by Crippen LogP contribution is -2.56. The number of amides is 1. The fourth-order valence-electron chi connectivity index (χ4n) is 6.51. The Morgan fingerprint density at radius 3 is 2.15 bits per heavy atom. The molecule has 0 spiro atoms. The third-order valence-electron chi connectivity index (χ3n) is 7.68. The van der Waals surface area contributed by atoms with Gasteiger partial charge in [-0.2, -0.15) is 4.98 Å². The van der Waals surface area contributed by atoms with Crippen molar-refractivity contribution in [2.75, 3.05) is 0 Å². The first-order valence-electron chi connectivity index (χ1n) is 12.2. The van der Waals surface area contributed by atoms with Gasteiger partial charge in [-0.1, -0.05) is 48.5 Å². The lowest BCUT2D eigenvalue weighted by Gasteiger charge is -2.54. The van der Waals surface area contributed by atoms with E-state index in [2.05, 4.69) is 27.4 Å². The number of aromatic nitrogens is 2. The summed E-state index contributed by atoms with van der Waals surface area (Å²) in [5, 5.41) is 3.34. The second kappa shape index (κ2) is 8.62. The van der Waals surface area contributed by atoms with Gasteiger partial charge in [0.15, 0.2) is 0 Å². The van der Waals surface area contributed by atoms with Gasteiger partial charge in [-0.15, -0.1) is 0 Å². The van der Waals surface area contributed by atoms with Crippen LogP contribution >= 0.6 is 0 Å². The number of nitrogens with zero attached hydrogens (tertiary/aromatic N) is 2. The van der Waals surface area contributed by atoms with Crippen molar-refractivity contribution in [1.82, 2.24) is 15.3 Å². The average Bonchev–Trinajstić information content (AvgIpc) is 2.82. The van der Waals surface area contributed by atoms with Gasteiger partial charge < -0.3 is 10.1 Å². The summed E-state index contributed by atoms with van der Waals surface area (Å²) in [7, 11) is 0. The number of carbonyl (C=O) groups excluding carboxylic acids is 1. The molecule has 0 atom stereocenters. The molecule has 4 aliphatic carbocycles. The first kappa shape index (κ1) is 20.4. The van der Waals surface area contributed by atoms with E-state index >= 15 is 0 Å². The predicted molar refractivity (Wildman–Crippen MR) is 126 cm³/mol. The summed E-state index contributed by atoms with van der Waals surface area (Å²) in [4.78, 5) is 22.5. The van der Waals surface area contributed by atoms with Crippen LogP contribution in [0.1, 0.15) is 54.0 Å². The van der Waals surface area contributed by atoms with E-state index in [0.717, 1.165) is 23.1 Å². The Balaban J connectivity index is 1.26. The number of carbonyl (C=O) groups is 1. The van der Waals surface area contributed by atoms with Crippen LogP contribution < -0.4 is 10.1 Å². The number of ether oxygens (including phenoxy) is 1. The molecule has 4 fully saturated rings. The zero-order valence-electron chi connectivity index (χ0n) is 18.7. The number of hydrogen-bond donors (Lipinski definition) is 1. The zero-order valence-corrected chi connectivity index (χ0v) is 18.7. The van der Waals surface area contributed by atoms with Crippen LogP contribution in [0.2, 0.25) is 0 Å². The molecule has 1 N–H and O–H groups in total. The SMILES string of the molecule is O=C(NC1C2CC3CC(C2)CC1C3)c1nc(Cc2ccccc2)cc(Oc2ccccc2)n1. The van der Waals surface area contributed by atoms with Gasteiger partial charge in [0.05, 0.1) is 5.69 Å². The summed E-state index contributed by atoms with van der Waals surface area (Å²) in [6.07, 6.45) is 7.06. The molecule has 0 radical (unpaired) electrons. The third kappa shape index (κ3) is 4.37. The minimum absolute atomic E-state index is 0.180. The van der Waals surface area contributed by atoms with Crippen LogP contribution in [0, 0.1) is 23.7 Å². The van der Waals surface area contributed by atoms with Gasteiger partial charge in [-0.25, -0.2) is 4.98 Å². The van der Waals surface area contributed by atoms with Crippen LogP contribution in [0.3, 0.4) is 0 Å². The molecular formula is C28H29N3O2. The Bertz CT molecular complexity index is 1040. The molecule has 4 saturated carbocycles. The molecule has 3 aromatic rings. The second-order valence-electron chi connectivity index (χ2n) is 10.0. The van der Waals surface area contributed by atoms with Crippen LogP contribution in [0.5, 0.6) is 11.6 Å². The molecule has 0 saturated heterocycles. The van der Waals surface area contributed by atoms with Crippen molar-refractivity contribution in [2.45, 2.75) is 44.6 Å². The molecular weight excluding hydrogens is 410 g/mol. The van der Waals surface area contributed by atoms with Gasteiger partial charge in [0.2, 0.25) is 11.7 Å². The molecule has 1 aromatic heterocycles. The average molecular weight is 440 g/mol. The molecule has 5 heteroatoms. The highest BCUT2D eigenvalue weighted by atomic mass is 16.5. The van der Waals surface area contributed by atoms with Crippen molar-refractivity contribution in [3.8, 4) is 11.6 Å². The number of benzene rings is 2. The highest BCUT2D eigenvalue weighted by Gasteiger charge is 2.48. The van der Waals surface area contributed by atoms with Gasteiger partial charge in [0.25, 0.3) is 5.91 Å². The van der Waals surface area contributed by atoms with E-state index < -0.39 is 0 Å². The molecule has 4 bridgehead atoms. The van der Waals surface area contributed by atoms with Crippen molar-refractivity contribution in [1.29, 1.82) is 0 Å². The fourth-order valence-corrected chi connectivity index (χ4v) is 6.51. The lowest BCUT2D eigenvalue weighted by atomic mass is 9.54. The molecule has 33 heavy (non-hydrogen) atoms. The minimum Gasteiger partial charge on any atom is -0.439 e. The standard InChI is InChI=1S/C28H29N3O2/c32-28(31-26-21-12-19-11-20(14-21)15-22(26)13-19)27-29-23(16-18-7-3-1-4-8-18)17-25(30-27)33-24-9-5-2-6-10-24/h1-10,17,19-22,26H,11-16H2,(H,31,32). The quantitative estimate of drug-likeness (QED) is 0.557. The van der Waals surface area contributed by atoms with Crippen molar-refractivity contribution >= 4 is 5.91 Å². The summed E-state index contributed by atoms with van der Waals surface area (Å²) >= 11 is 0. The van der Waals surface area contributed by atoms with Crippen LogP contribution in [0.4, 0.5) is 0 Å². The van der Waals surface area contributed by atoms with Crippen LogP contribution in [0.15, 0.2) is 66.7 Å². The number of hydrogen-bond acceptors (Lipinski definition) is 4. The molecule has 0 aliphatic heterocycles. The van der Waals surface area contributed by atoms with E-state index in [1.54, 1.807) is 0 Å². The molecule has 2 aromatic carbocycles. The summed E-state index contributed by atoms with van der Waals surface area (Å²) in [6.45, 7) is 0. The third-order valence-corrected chi connectivity index (χ3v) is 7.68. The summed E-state index contributed by atoms with van der Waals surface area (Å²) in [5.74, 6) is 4.07. The first-order valence-corrected chi connectivity index (χ1v) is 12.2. The Labute approximate surface area is 194 Å². The topological polar surface area (TPSA) is 64.1 Å². The monoisotopic (exact) mass is 439 g/mol. The van der Waals surface area contributed by atoms with Crippen molar-refractivity contribution in [3.63, 3.8) is 0 Å². The van der Waals surface area contributed by atoms with Crippen molar-refractivity contribution in [3.05, 3.63) is 83.8 Å². The maximum atomic E-state index is 13.4. The van der Waals surface area contributed by atoms with Gasteiger partial charge in [-0.3, -0.25) is 4.79 Å². The van der Waals surface area contributed by atoms with E-state index in [1.165, 1.54) is 32.1 Å². The van der Waals surface area contributed by atoms with Gasteiger partial charge >= 0.3 is 0 Å². The van der Waals surface area contributed by atoms with Crippen LogP contribution in [-0.4, -0.2) is 21.9 Å². The van der Waals surface area contributed by atoms with Crippen molar-refractivity contribution < 1.29 is 9.53 Å². The maximum absolute atomic E-state index is 13.4. The lowest BCUT2D eigenvalue weighted by molar-refractivity contribution is -0.0121. The molecule has 4 aliphatic rings. The zero-order chi connectivity index (χ0) is 22.2. The molecule has 5 nitrogen and oxygen atoms in total. The first-order chi connectivity index (χ1) is 16.2. The van der Waals surface area contributed by atoms with Crippen molar-refractivity contribution in [2.24, 2.45) is 23.7 Å². The van der Waals surface area contributed by atoms with E-state index in [9.17, 15) is 4.79 Å². The fraction of sp³-hybridized carbons (Fsp3) is 0.393. The second-order valence-corrected chi connectivity index (χ2v) is 10.0. The minimum atomic E-state index is -0.180.